The molecule has 64 valence electrons. The van der Waals surface area contributed by atoms with Gasteiger partial charge in [0, 0.05) is 12.0 Å². The third-order valence-electron chi connectivity index (χ3n) is 1.79. The zero-order valence-electron chi connectivity index (χ0n) is 7.02. The topological polar surface area (TPSA) is 29.5 Å². The summed E-state index contributed by atoms with van der Waals surface area (Å²) in [5, 5.41) is 9.71. The molecule has 2 nitrogen and oxygen atoms in total. The van der Waals surface area contributed by atoms with Crippen molar-refractivity contribution in [3.8, 4) is 0 Å². The van der Waals surface area contributed by atoms with Gasteiger partial charge in [-0.1, -0.05) is 11.6 Å². The molecule has 0 saturated carbocycles. The monoisotopic (exact) mass is 176 g/mol. The molecule has 1 heterocycles. The Balaban J connectivity index is 2.89. The van der Waals surface area contributed by atoms with Crippen LogP contribution < -0.4 is 0 Å². The molecule has 3 heteroatoms. The molecule has 1 unspecified atom stereocenters. The van der Waals surface area contributed by atoms with Crippen LogP contribution in [0.15, 0.2) is 11.3 Å². The van der Waals surface area contributed by atoms with E-state index in [2.05, 4.69) is 0 Å². The van der Waals surface area contributed by atoms with Crippen LogP contribution in [0, 0.1) is 0 Å². The van der Waals surface area contributed by atoms with Gasteiger partial charge in [0.25, 0.3) is 0 Å². The molecule has 1 aliphatic rings. The van der Waals surface area contributed by atoms with Crippen molar-refractivity contribution in [3.05, 3.63) is 11.3 Å². The molecule has 1 atom stereocenters. The van der Waals surface area contributed by atoms with Crippen LogP contribution in [-0.2, 0) is 4.74 Å². The molecule has 1 N–H and O–H groups in total. The van der Waals surface area contributed by atoms with Crippen molar-refractivity contribution in [1.82, 2.24) is 0 Å². The van der Waals surface area contributed by atoms with Gasteiger partial charge in [-0.2, -0.15) is 0 Å². The normalized spacial score (nSPS) is 39.2. The Morgan fingerprint density at radius 1 is 1.55 bits per heavy atom. The summed E-state index contributed by atoms with van der Waals surface area (Å²) in [4.78, 5) is 0. The number of aliphatic hydroxyl groups is 1. The minimum absolute atomic E-state index is 0.301. The fraction of sp³-hybridized carbons (Fsp3) is 0.750. The van der Waals surface area contributed by atoms with Crippen molar-refractivity contribution in [1.29, 1.82) is 0 Å². The number of ether oxygens (including phenoxy) is 1. The first-order valence-electron chi connectivity index (χ1n) is 3.60. The summed E-state index contributed by atoms with van der Waals surface area (Å²) in [5.74, 6) is 0.462. The first kappa shape index (κ1) is 8.88. The maximum atomic E-state index is 9.71. The molecule has 0 bridgehead atoms. The summed E-state index contributed by atoms with van der Waals surface area (Å²) in [6.07, 6.45) is 0.582. The average Bonchev–Trinajstić information content (AvgIpc) is 1.99. The highest BCUT2D eigenvalue weighted by Crippen LogP contribution is 2.40. The highest BCUT2D eigenvalue weighted by Gasteiger charge is 2.44. The van der Waals surface area contributed by atoms with E-state index in [-0.39, 0.29) is 5.60 Å². The van der Waals surface area contributed by atoms with Crippen LogP contribution in [0.5, 0.6) is 0 Å². The van der Waals surface area contributed by atoms with Gasteiger partial charge in [0.1, 0.15) is 17.0 Å². The summed E-state index contributed by atoms with van der Waals surface area (Å²) in [7, 11) is 0. The number of rotatable bonds is 0. The molecule has 0 spiro atoms. The van der Waals surface area contributed by atoms with Crippen LogP contribution in [-0.4, -0.2) is 16.3 Å². The number of hydrogen-bond donors (Lipinski definition) is 1. The minimum Gasteiger partial charge on any atom is -0.488 e. The SMILES string of the molecule is CC1(C)CC(C)(O)/C(=C\Cl)O1. The fourth-order valence-electron chi connectivity index (χ4n) is 1.50. The van der Waals surface area contributed by atoms with Gasteiger partial charge in [-0.05, 0) is 20.8 Å². The molecule has 0 radical (unpaired) electrons. The summed E-state index contributed by atoms with van der Waals surface area (Å²) < 4.78 is 5.39. The second-order valence-electron chi connectivity index (χ2n) is 3.79. The molecule has 0 aromatic heterocycles. The lowest BCUT2D eigenvalue weighted by Crippen LogP contribution is -2.25. The first-order chi connectivity index (χ1) is 4.87. The van der Waals surface area contributed by atoms with Gasteiger partial charge in [0.2, 0.25) is 0 Å². The molecule has 1 rings (SSSR count). The van der Waals surface area contributed by atoms with E-state index in [0.29, 0.717) is 12.2 Å². The first-order valence-corrected chi connectivity index (χ1v) is 4.03. The Morgan fingerprint density at radius 3 is 2.27 bits per heavy atom. The van der Waals surface area contributed by atoms with Crippen molar-refractivity contribution in [2.24, 2.45) is 0 Å². The van der Waals surface area contributed by atoms with Crippen LogP contribution in [0.4, 0.5) is 0 Å². The van der Waals surface area contributed by atoms with E-state index in [1.54, 1.807) is 6.92 Å². The Kier molecular flexibility index (Phi) is 1.93. The minimum atomic E-state index is -0.898. The van der Waals surface area contributed by atoms with Crippen LogP contribution in [0.25, 0.3) is 0 Å². The van der Waals surface area contributed by atoms with Crippen molar-refractivity contribution >= 4 is 11.6 Å². The van der Waals surface area contributed by atoms with E-state index in [4.69, 9.17) is 16.3 Å². The molecular formula is C8H13ClO2. The van der Waals surface area contributed by atoms with E-state index in [0.717, 1.165) is 0 Å². The van der Waals surface area contributed by atoms with Crippen LogP contribution in [0.2, 0.25) is 0 Å². The lowest BCUT2D eigenvalue weighted by molar-refractivity contribution is 0.0752. The third kappa shape index (κ3) is 1.68. The molecule has 0 aliphatic carbocycles. The summed E-state index contributed by atoms with van der Waals surface area (Å²) >= 11 is 5.47. The predicted octanol–water partition coefficient (Wildman–Crippen LogP) is 2.02. The second kappa shape index (κ2) is 2.39. The lowest BCUT2D eigenvalue weighted by atomic mass is 9.94. The van der Waals surface area contributed by atoms with Gasteiger partial charge in [-0.15, -0.1) is 0 Å². The third-order valence-corrected chi connectivity index (χ3v) is 1.98. The molecule has 0 aromatic carbocycles. The maximum Gasteiger partial charge on any atom is 0.139 e. The van der Waals surface area contributed by atoms with Gasteiger partial charge in [-0.25, -0.2) is 0 Å². The standard InChI is InChI=1S/C8H13ClO2/c1-7(2)5-8(3,10)6(4-9)11-7/h4,10H,5H2,1-3H3/b6-4+. The van der Waals surface area contributed by atoms with E-state index in [9.17, 15) is 5.11 Å². The molecule has 0 amide bonds. The lowest BCUT2D eigenvalue weighted by Gasteiger charge is -2.16. The van der Waals surface area contributed by atoms with Gasteiger partial charge in [0.15, 0.2) is 0 Å². The Labute approximate surface area is 71.8 Å². The van der Waals surface area contributed by atoms with Crippen molar-refractivity contribution in [2.45, 2.75) is 38.4 Å². The molecule has 1 saturated heterocycles. The molecular weight excluding hydrogens is 164 g/mol. The largest absolute Gasteiger partial charge is 0.488 e. The maximum absolute atomic E-state index is 9.71. The Bertz CT molecular complexity index is 194. The van der Waals surface area contributed by atoms with Gasteiger partial charge in [-0.3, -0.25) is 0 Å². The number of halogens is 1. The van der Waals surface area contributed by atoms with Crippen LogP contribution >= 0.6 is 11.6 Å². The van der Waals surface area contributed by atoms with Gasteiger partial charge < -0.3 is 9.84 Å². The van der Waals surface area contributed by atoms with Gasteiger partial charge in [0.05, 0.1) is 0 Å². The Hall–Kier alpha value is -0.210. The predicted molar refractivity (Wildman–Crippen MR) is 44.3 cm³/mol. The van der Waals surface area contributed by atoms with E-state index in [1.165, 1.54) is 5.54 Å². The van der Waals surface area contributed by atoms with E-state index < -0.39 is 5.60 Å². The smallest absolute Gasteiger partial charge is 0.139 e. The fourth-order valence-corrected chi connectivity index (χ4v) is 1.78. The van der Waals surface area contributed by atoms with E-state index in [1.807, 2.05) is 13.8 Å². The van der Waals surface area contributed by atoms with E-state index >= 15 is 0 Å². The van der Waals surface area contributed by atoms with Crippen molar-refractivity contribution in [3.63, 3.8) is 0 Å². The Morgan fingerprint density at radius 2 is 2.09 bits per heavy atom. The molecule has 1 aliphatic heterocycles. The number of hydrogen-bond acceptors (Lipinski definition) is 2. The summed E-state index contributed by atoms with van der Waals surface area (Å²) in [6, 6.07) is 0. The summed E-state index contributed by atoms with van der Waals surface area (Å²) in [6.45, 7) is 5.56. The highest BCUT2D eigenvalue weighted by atomic mass is 35.5. The van der Waals surface area contributed by atoms with Crippen LogP contribution in [0.3, 0.4) is 0 Å². The van der Waals surface area contributed by atoms with Gasteiger partial charge >= 0.3 is 0 Å². The average molecular weight is 177 g/mol. The zero-order chi connectivity index (χ0) is 8.70. The second-order valence-corrected chi connectivity index (χ2v) is 4.00. The zero-order valence-corrected chi connectivity index (χ0v) is 7.77. The molecule has 1 fully saturated rings. The quantitative estimate of drug-likeness (QED) is 0.612. The van der Waals surface area contributed by atoms with Crippen molar-refractivity contribution in [2.75, 3.05) is 0 Å². The van der Waals surface area contributed by atoms with Crippen LogP contribution in [0.1, 0.15) is 27.2 Å². The molecule has 0 aromatic rings. The van der Waals surface area contributed by atoms with Crippen molar-refractivity contribution < 1.29 is 9.84 Å². The summed E-state index contributed by atoms with van der Waals surface area (Å²) in [5.41, 5.74) is 0.101. The highest BCUT2D eigenvalue weighted by molar-refractivity contribution is 6.25. The molecule has 11 heavy (non-hydrogen) atoms.